The summed E-state index contributed by atoms with van der Waals surface area (Å²) in [6, 6.07) is 13.5. The summed E-state index contributed by atoms with van der Waals surface area (Å²) in [6.07, 6.45) is -0.563. The van der Waals surface area contributed by atoms with Gasteiger partial charge in [0.2, 0.25) is 0 Å². The molecule has 0 saturated carbocycles. The zero-order valence-corrected chi connectivity index (χ0v) is 14.9. The molecular formula is C20H25NO3. The molecule has 4 nitrogen and oxygen atoms in total. The maximum Gasteiger partial charge on any atom is 0.261 e. The van der Waals surface area contributed by atoms with Crippen LogP contribution in [0.5, 0.6) is 11.5 Å². The van der Waals surface area contributed by atoms with Gasteiger partial charge >= 0.3 is 0 Å². The van der Waals surface area contributed by atoms with Gasteiger partial charge in [0.1, 0.15) is 11.5 Å². The van der Waals surface area contributed by atoms with Crippen LogP contribution in [0.2, 0.25) is 0 Å². The first-order chi connectivity index (χ1) is 11.4. The van der Waals surface area contributed by atoms with Gasteiger partial charge in [-0.2, -0.15) is 0 Å². The molecule has 0 aliphatic carbocycles. The van der Waals surface area contributed by atoms with E-state index in [0.717, 1.165) is 22.4 Å². The topological polar surface area (TPSA) is 47.6 Å². The van der Waals surface area contributed by atoms with E-state index in [-0.39, 0.29) is 11.9 Å². The molecular weight excluding hydrogens is 302 g/mol. The van der Waals surface area contributed by atoms with Gasteiger partial charge < -0.3 is 14.8 Å². The maximum absolute atomic E-state index is 12.4. The van der Waals surface area contributed by atoms with Gasteiger partial charge in [-0.3, -0.25) is 4.79 Å². The van der Waals surface area contributed by atoms with Crippen LogP contribution in [0.25, 0.3) is 0 Å². The number of ether oxygens (including phenoxy) is 2. The van der Waals surface area contributed by atoms with E-state index in [4.69, 9.17) is 9.47 Å². The number of amides is 1. The van der Waals surface area contributed by atoms with Crippen LogP contribution in [-0.2, 0) is 4.79 Å². The van der Waals surface area contributed by atoms with Crippen molar-refractivity contribution in [3.63, 3.8) is 0 Å². The van der Waals surface area contributed by atoms with Crippen molar-refractivity contribution in [2.45, 2.75) is 39.8 Å². The van der Waals surface area contributed by atoms with Gasteiger partial charge in [-0.15, -0.1) is 0 Å². The van der Waals surface area contributed by atoms with Crippen LogP contribution in [0.15, 0.2) is 42.5 Å². The Labute approximate surface area is 143 Å². The minimum Gasteiger partial charge on any atom is -0.497 e. The Morgan fingerprint density at radius 1 is 0.958 bits per heavy atom. The Kier molecular flexibility index (Phi) is 5.85. The van der Waals surface area contributed by atoms with Gasteiger partial charge in [0.15, 0.2) is 6.10 Å². The second kappa shape index (κ2) is 7.86. The van der Waals surface area contributed by atoms with Crippen molar-refractivity contribution in [3.8, 4) is 11.5 Å². The van der Waals surface area contributed by atoms with E-state index >= 15 is 0 Å². The number of hydrogen-bond donors (Lipinski definition) is 1. The molecule has 0 aliphatic heterocycles. The Bertz CT molecular complexity index is 674. The van der Waals surface area contributed by atoms with Gasteiger partial charge in [0.05, 0.1) is 13.2 Å². The first-order valence-corrected chi connectivity index (χ1v) is 8.08. The first kappa shape index (κ1) is 17.9. The third-order valence-corrected chi connectivity index (χ3v) is 3.85. The molecule has 1 amide bonds. The van der Waals surface area contributed by atoms with Crippen molar-refractivity contribution < 1.29 is 14.3 Å². The average Bonchev–Trinajstić information content (AvgIpc) is 2.53. The lowest BCUT2D eigenvalue weighted by molar-refractivity contribution is -0.127. The lowest BCUT2D eigenvalue weighted by Gasteiger charge is -2.19. The fraction of sp³-hybridized carbons (Fsp3) is 0.350. The van der Waals surface area contributed by atoms with Crippen molar-refractivity contribution in [1.29, 1.82) is 0 Å². The second-order valence-electron chi connectivity index (χ2n) is 6.09. The van der Waals surface area contributed by atoms with Crippen molar-refractivity contribution in [2.75, 3.05) is 7.11 Å². The fourth-order valence-corrected chi connectivity index (χ4v) is 2.57. The Morgan fingerprint density at radius 3 is 2.08 bits per heavy atom. The molecule has 4 heteroatoms. The minimum atomic E-state index is -0.563. The lowest BCUT2D eigenvalue weighted by Crippen LogP contribution is -2.37. The zero-order valence-electron chi connectivity index (χ0n) is 14.9. The van der Waals surface area contributed by atoms with Gasteiger partial charge in [0.25, 0.3) is 5.91 Å². The molecule has 0 fully saturated rings. The summed E-state index contributed by atoms with van der Waals surface area (Å²) < 4.78 is 10.9. The van der Waals surface area contributed by atoms with E-state index in [1.165, 1.54) is 0 Å². The molecule has 128 valence electrons. The summed E-state index contributed by atoms with van der Waals surface area (Å²) in [5, 5.41) is 2.98. The van der Waals surface area contributed by atoms with E-state index in [0.29, 0.717) is 5.75 Å². The molecule has 0 bridgehead atoms. The number of methoxy groups -OCH3 is 1. The van der Waals surface area contributed by atoms with Gasteiger partial charge in [0, 0.05) is 0 Å². The molecule has 0 aromatic heterocycles. The first-order valence-electron chi connectivity index (χ1n) is 8.08. The quantitative estimate of drug-likeness (QED) is 0.874. The van der Waals surface area contributed by atoms with Crippen LogP contribution in [-0.4, -0.2) is 19.1 Å². The number of benzene rings is 2. The predicted octanol–water partition coefficient (Wildman–Crippen LogP) is 3.96. The number of rotatable bonds is 6. The molecule has 0 unspecified atom stereocenters. The SMILES string of the molecule is COc1ccc([C@H](C)NC(=O)[C@@H](C)Oc2cc(C)cc(C)c2)cc1. The van der Waals surface area contributed by atoms with Gasteiger partial charge in [-0.05, 0) is 68.7 Å². The van der Waals surface area contributed by atoms with Crippen molar-refractivity contribution >= 4 is 5.91 Å². The molecule has 0 heterocycles. The number of carbonyl (C=O) groups is 1. The average molecular weight is 327 g/mol. The number of nitrogens with one attached hydrogen (secondary N) is 1. The Hall–Kier alpha value is -2.49. The van der Waals surface area contributed by atoms with Crippen molar-refractivity contribution in [1.82, 2.24) is 5.32 Å². The monoisotopic (exact) mass is 327 g/mol. The third-order valence-electron chi connectivity index (χ3n) is 3.85. The molecule has 1 N–H and O–H groups in total. The highest BCUT2D eigenvalue weighted by atomic mass is 16.5. The van der Waals surface area contributed by atoms with Crippen molar-refractivity contribution in [2.24, 2.45) is 0 Å². The minimum absolute atomic E-state index is 0.103. The second-order valence-corrected chi connectivity index (χ2v) is 6.09. The summed E-state index contributed by atoms with van der Waals surface area (Å²) in [7, 11) is 1.63. The van der Waals surface area contributed by atoms with Crippen LogP contribution >= 0.6 is 0 Å². The van der Waals surface area contributed by atoms with Crippen LogP contribution in [0.3, 0.4) is 0 Å². The van der Waals surface area contributed by atoms with Gasteiger partial charge in [-0.25, -0.2) is 0 Å². The summed E-state index contributed by atoms with van der Waals surface area (Å²) in [5.41, 5.74) is 3.25. The van der Waals surface area contributed by atoms with E-state index in [1.54, 1.807) is 14.0 Å². The van der Waals surface area contributed by atoms with Crippen molar-refractivity contribution in [3.05, 3.63) is 59.2 Å². The van der Waals surface area contributed by atoms with E-state index in [1.807, 2.05) is 57.2 Å². The molecule has 0 saturated heterocycles. The Balaban J connectivity index is 1.97. The van der Waals surface area contributed by atoms with E-state index in [9.17, 15) is 4.79 Å². The highest BCUT2D eigenvalue weighted by molar-refractivity contribution is 5.81. The zero-order chi connectivity index (χ0) is 17.7. The normalized spacial score (nSPS) is 13.0. The van der Waals surface area contributed by atoms with E-state index < -0.39 is 6.10 Å². The number of hydrogen-bond acceptors (Lipinski definition) is 3. The molecule has 0 aliphatic rings. The molecule has 2 aromatic rings. The molecule has 2 rings (SSSR count). The summed E-state index contributed by atoms with van der Waals surface area (Å²) in [4.78, 5) is 12.4. The van der Waals surface area contributed by atoms with Crippen LogP contribution in [0.4, 0.5) is 0 Å². The smallest absolute Gasteiger partial charge is 0.261 e. The van der Waals surface area contributed by atoms with E-state index in [2.05, 4.69) is 11.4 Å². The van der Waals surface area contributed by atoms with Crippen LogP contribution in [0.1, 0.15) is 36.6 Å². The highest BCUT2D eigenvalue weighted by Gasteiger charge is 2.18. The lowest BCUT2D eigenvalue weighted by atomic mass is 10.1. The fourth-order valence-electron chi connectivity index (χ4n) is 2.57. The summed E-state index contributed by atoms with van der Waals surface area (Å²) >= 11 is 0. The van der Waals surface area contributed by atoms with Gasteiger partial charge in [-0.1, -0.05) is 18.2 Å². The summed E-state index contributed by atoms with van der Waals surface area (Å²) in [5.74, 6) is 1.37. The highest BCUT2D eigenvalue weighted by Crippen LogP contribution is 2.19. The molecule has 24 heavy (non-hydrogen) atoms. The van der Waals surface area contributed by atoms with Crippen LogP contribution in [0, 0.1) is 13.8 Å². The maximum atomic E-state index is 12.4. The Morgan fingerprint density at radius 2 is 1.54 bits per heavy atom. The number of carbonyl (C=O) groups excluding carboxylic acids is 1. The predicted molar refractivity (Wildman–Crippen MR) is 95.6 cm³/mol. The third kappa shape index (κ3) is 4.75. The number of aryl methyl sites for hydroxylation is 2. The van der Waals surface area contributed by atoms with Crippen LogP contribution < -0.4 is 14.8 Å². The largest absolute Gasteiger partial charge is 0.497 e. The molecule has 0 spiro atoms. The molecule has 0 radical (unpaired) electrons. The summed E-state index contributed by atoms with van der Waals surface area (Å²) in [6.45, 7) is 7.73. The molecule has 2 atom stereocenters. The standard InChI is InChI=1S/C20H25NO3/c1-13-10-14(2)12-19(11-13)24-16(4)20(22)21-15(3)17-6-8-18(23-5)9-7-17/h6-12,15-16H,1-5H3,(H,21,22)/t15-,16+/m0/s1. The molecule has 2 aromatic carbocycles.